The number of carbonyl (C=O) groups excluding carboxylic acids is 1. The molecular formula is C17H19FN2O3. The summed E-state index contributed by atoms with van der Waals surface area (Å²) in [5.74, 6) is -0.0428. The molecule has 0 saturated carbocycles. The molecule has 0 aromatic heterocycles. The molecule has 0 bridgehead atoms. The summed E-state index contributed by atoms with van der Waals surface area (Å²) in [6, 6.07) is 12.4. The topological polar surface area (TPSA) is 70.6 Å². The van der Waals surface area contributed by atoms with Crippen LogP contribution in [0.25, 0.3) is 0 Å². The van der Waals surface area contributed by atoms with Crippen LogP contribution in [0.4, 0.5) is 9.18 Å². The minimum Gasteiger partial charge on any atom is -0.497 e. The number of amides is 2. The molecule has 0 aliphatic carbocycles. The van der Waals surface area contributed by atoms with Crippen molar-refractivity contribution in [2.24, 2.45) is 0 Å². The van der Waals surface area contributed by atoms with Gasteiger partial charge in [-0.3, -0.25) is 0 Å². The second kappa shape index (κ2) is 8.14. The number of aliphatic hydroxyl groups is 1. The van der Waals surface area contributed by atoms with E-state index in [2.05, 4.69) is 10.6 Å². The van der Waals surface area contributed by atoms with Crippen LogP contribution in [0, 0.1) is 5.82 Å². The van der Waals surface area contributed by atoms with Crippen molar-refractivity contribution in [1.82, 2.24) is 10.6 Å². The third-order valence-corrected chi connectivity index (χ3v) is 3.31. The van der Waals surface area contributed by atoms with Crippen molar-refractivity contribution >= 4 is 6.03 Å². The number of ether oxygens (including phenoxy) is 1. The lowest BCUT2D eigenvalue weighted by molar-refractivity contribution is 0.216. The number of urea groups is 1. The number of halogens is 1. The molecule has 23 heavy (non-hydrogen) atoms. The molecule has 1 unspecified atom stereocenters. The van der Waals surface area contributed by atoms with Crippen LogP contribution >= 0.6 is 0 Å². The average molecular weight is 318 g/mol. The minimum absolute atomic E-state index is 0.146. The first-order chi connectivity index (χ1) is 11.1. The monoisotopic (exact) mass is 318 g/mol. The van der Waals surface area contributed by atoms with Gasteiger partial charge in [-0.05, 0) is 23.3 Å². The molecule has 6 heteroatoms. The van der Waals surface area contributed by atoms with E-state index in [1.807, 2.05) is 30.3 Å². The number of benzene rings is 2. The van der Waals surface area contributed by atoms with Gasteiger partial charge in [0, 0.05) is 12.6 Å². The molecular weight excluding hydrogens is 299 g/mol. The number of carbonyl (C=O) groups is 1. The Kier molecular flexibility index (Phi) is 5.94. The van der Waals surface area contributed by atoms with Crippen LogP contribution in [0.5, 0.6) is 5.75 Å². The predicted molar refractivity (Wildman–Crippen MR) is 84.6 cm³/mol. The molecule has 0 heterocycles. The van der Waals surface area contributed by atoms with Crippen LogP contribution in [0.2, 0.25) is 0 Å². The molecule has 2 rings (SSSR count). The van der Waals surface area contributed by atoms with E-state index in [0.717, 1.165) is 5.56 Å². The van der Waals surface area contributed by atoms with Gasteiger partial charge in [-0.15, -0.1) is 0 Å². The Bertz CT molecular complexity index is 650. The zero-order valence-electron chi connectivity index (χ0n) is 12.8. The van der Waals surface area contributed by atoms with Gasteiger partial charge in [-0.1, -0.05) is 30.3 Å². The van der Waals surface area contributed by atoms with Crippen molar-refractivity contribution in [2.45, 2.75) is 12.6 Å². The molecule has 0 aliphatic rings. The molecule has 2 amide bonds. The second-order valence-electron chi connectivity index (χ2n) is 4.97. The highest BCUT2D eigenvalue weighted by atomic mass is 19.1. The van der Waals surface area contributed by atoms with Crippen molar-refractivity contribution in [3.63, 3.8) is 0 Å². The molecule has 1 atom stereocenters. The Labute approximate surface area is 134 Å². The normalized spacial score (nSPS) is 11.6. The van der Waals surface area contributed by atoms with Crippen molar-refractivity contribution in [2.75, 3.05) is 13.7 Å². The number of rotatable bonds is 6. The van der Waals surface area contributed by atoms with Gasteiger partial charge in [0.1, 0.15) is 11.6 Å². The van der Waals surface area contributed by atoms with Crippen molar-refractivity contribution in [3.8, 4) is 5.75 Å². The van der Waals surface area contributed by atoms with Gasteiger partial charge in [0.2, 0.25) is 0 Å². The highest BCUT2D eigenvalue weighted by molar-refractivity contribution is 5.74. The summed E-state index contributed by atoms with van der Waals surface area (Å²) in [6.45, 7) is -0.0713. The Morgan fingerprint density at radius 3 is 2.65 bits per heavy atom. The van der Waals surface area contributed by atoms with Crippen molar-refractivity contribution in [1.29, 1.82) is 0 Å². The molecule has 0 saturated heterocycles. The van der Waals surface area contributed by atoms with Gasteiger partial charge in [-0.25, -0.2) is 9.18 Å². The standard InChI is InChI=1S/C17H19FN2O3/c1-23-15-8-12(7-14(18)9-15)10-19-17(22)20-16(11-21)13-5-3-2-4-6-13/h2-9,16,21H,10-11H2,1H3,(H2,19,20,22). The largest absolute Gasteiger partial charge is 0.497 e. The molecule has 3 N–H and O–H groups in total. The Morgan fingerprint density at radius 1 is 1.26 bits per heavy atom. The molecule has 122 valence electrons. The first-order valence-corrected chi connectivity index (χ1v) is 7.16. The second-order valence-corrected chi connectivity index (χ2v) is 4.97. The van der Waals surface area contributed by atoms with Crippen LogP contribution in [-0.4, -0.2) is 24.9 Å². The maximum Gasteiger partial charge on any atom is 0.315 e. The number of hydrogen-bond donors (Lipinski definition) is 3. The van der Waals surface area contributed by atoms with Crippen LogP contribution in [-0.2, 0) is 6.54 Å². The molecule has 5 nitrogen and oxygen atoms in total. The van der Waals surface area contributed by atoms with Crippen LogP contribution in [0.3, 0.4) is 0 Å². The van der Waals surface area contributed by atoms with Gasteiger partial charge in [0.25, 0.3) is 0 Å². The molecule has 2 aromatic carbocycles. The van der Waals surface area contributed by atoms with E-state index < -0.39 is 17.9 Å². The molecule has 0 spiro atoms. The van der Waals surface area contributed by atoms with Gasteiger partial charge in [0.15, 0.2) is 0 Å². The van der Waals surface area contributed by atoms with E-state index in [0.29, 0.717) is 11.3 Å². The number of aliphatic hydroxyl groups excluding tert-OH is 1. The fraction of sp³-hybridized carbons (Fsp3) is 0.235. The Morgan fingerprint density at radius 2 is 2.00 bits per heavy atom. The predicted octanol–water partition coefficient (Wildman–Crippen LogP) is 2.37. The van der Waals surface area contributed by atoms with Crippen LogP contribution in [0.1, 0.15) is 17.2 Å². The van der Waals surface area contributed by atoms with E-state index in [-0.39, 0.29) is 13.2 Å². The van der Waals surface area contributed by atoms with Crippen LogP contribution < -0.4 is 15.4 Å². The number of methoxy groups -OCH3 is 1. The maximum atomic E-state index is 13.4. The van der Waals surface area contributed by atoms with Crippen molar-refractivity contribution < 1.29 is 19.0 Å². The van der Waals surface area contributed by atoms with Crippen molar-refractivity contribution in [3.05, 3.63) is 65.5 Å². The van der Waals surface area contributed by atoms with E-state index >= 15 is 0 Å². The summed E-state index contributed by atoms with van der Waals surface area (Å²) in [7, 11) is 1.45. The SMILES string of the molecule is COc1cc(F)cc(CNC(=O)NC(CO)c2ccccc2)c1. The maximum absolute atomic E-state index is 13.4. The molecule has 0 fully saturated rings. The summed E-state index contributed by atoms with van der Waals surface area (Å²) >= 11 is 0. The number of nitrogens with one attached hydrogen (secondary N) is 2. The molecule has 0 radical (unpaired) electrons. The van der Waals surface area contributed by atoms with E-state index in [1.54, 1.807) is 6.07 Å². The Hall–Kier alpha value is -2.60. The fourth-order valence-electron chi connectivity index (χ4n) is 2.15. The summed E-state index contributed by atoms with van der Waals surface area (Å²) < 4.78 is 18.4. The summed E-state index contributed by atoms with van der Waals surface area (Å²) in [5, 5.41) is 14.7. The number of hydrogen-bond acceptors (Lipinski definition) is 3. The molecule has 0 aliphatic heterocycles. The Balaban J connectivity index is 1.93. The minimum atomic E-state index is -0.502. The van der Waals surface area contributed by atoms with E-state index in [9.17, 15) is 14.3 Å². The molecule has 2 aromatic rings. The lowest BCUT2D eigenvalue weighted by Gasteiger charge is -2.17. The third-order valence-electron chi connectivity index (χ3n) is 3.31. The first-order valence-electron chi connectivity index (χ1n) is 7.16. The fourth-order valence-corrected chi connectivity index (χ4v) is 2.15. The summed E-state index contributed by atoms with van der Waals surface area (Å²) in [6.07, 6.45) is 0. The van der Waals surface area contributed by atoms with Gasteiger partial charge < -0.3 is 20.5 Å². The highest BCUT2D eigenvalue weighted by Crippen LogP contribution is 2.16. The lowest BCUT2D eigenvalue weighted by atomic mass is 10.1. The average Bonchev–Trinajstić information content (AvgIpc) is 2.58. The van der Waals surface area contributed by atoms with E-state index in [4.69, 9.17) is 4.74 Å². The smallest absolute Gasteiger partial charge is 0.315 e. The zero-order valence-corrected chi connectivity index (χ0v) is 12.8. The highest BCUT2D eigenvalue weighted by Gasteiger charge is 2.13. The van der Waals surface area contributed by atoms with Gasteiger partial charge >= 0.3 is 6.03 Å². The third kappa shape index (κ3) is 4.96. The quantitative estimate of drug-likeness (QED) is 0.766. The summed E-state index contributed by atoms with van der Waals surface area (Å²) in [5.41, 5.74) is 1.38. The van der Waals surface area contributed by atoms with Crippen LogP contribution in [0.15, 0.2) is 48.5 Å². The summed E-state index contributed by atoms with van der Waals surface area (Å²) in [4.78, 5) is 11.9. The zero-order chi connectivity index (χ0) is 16.7. The van der Waals surface area contributed by atoms with Gasteiger partial charge in [-0.2, -0.15) is 0 Å². The lowest BCUT2D eigenvalue weighted by Crippen LogP contribution is -2.38. The first kappa shape index (κ1) is 16.8. The van der Waals surface area contributed by atoms with E-state index in [1.165, 1.54) is 19.2 Å². The van der Waals surface area contributed by atoms with Gasteiger partial charge in [0.05, 0.1) is 19.8 Å².